The van der Waals surface area contributed by atoms with Gasteiger partial charge in [0.05, 0.1) is 0 Å². The van der Waals surface area contributed by atoms with E-state index in [9.17, 15) is 5.11 Å². The lowest BCUT2D eigenvalue weighted by Crippen LogP contribution is -1.85. The van der Waals surface area contributed by atoms with Gasteiger partial charge in [0.1, 0.15) is 11.6 Å². The van der Waals surface area contributed by atoms with E-state index >= 15 is 0 Å². The third-order valence-corrected chi connectivity index (χ3v) is 4.85. The second kappa shape index (κ2) is 5.81. The number of nitrogens with zero attached hydrogens (tertiary/aromatic N) is 2. The molecule has 0 aliphatic heterocycles. The van der Waals surface area contributed by atoms with Crippen LogP contribution in [0.5, 0.6) is 5.75 Å². The van der Waals surface area contributed by atoms with E-state index in [0.717, 1.165) is 38.7 Å². The third-order valence-electron chi connectivity index (χ3n) is 2.98. The Balaban J connectivity index is 1.96. The van der Waals surface area contributed by atoms with Crippen molar-refractivity contribution in [3.63, 3.8) is 0 Å². The zero-order chi connectivity index (χ0) is 13.9. The molecule has 0 radical (unpaired) electrons. The van der Waals surface area contributed by atoms with E-state index < -0.39 is 0 Å². The van der Waals surface area contributed by atoms with Crippen LogP contribution in [0.1, 0.15) is 19.2 Å². The highest BCUT2D eigenvalue weighted by Crippen LogP contribution is 2.37. The number of phenols is 1. The molecular weight excluding hydrogens is 288 g/mol. The maximum Gasteiger partial charge on any atom is 0.174 e. The number of aryl methyl sites for hydroxylation is 1. The van der Waals surface area contributed by atoms with Crippen LogP contribution in [0.3, 0.4) is 0 Å². The van der Waals surface area contributed by atoms with Crippen LogP contribution >= 0.6 is 23.3 Å². The smallest absolute Gasteiger partial charge is 0.174 e. The molecule has 3 rings (SSSR count). The first-order chi connectivity index (χ1) is 9.78. The summed E-state index contributed by atoms with van der Waals surface area (Å²) in [6.45, 7) is 2.13. The van der Waals surface area contributed by atoms with Crippen molar-refractivity contribution >= 4 is 34.1 Å². The number of aromatic nitrogens is 2. The molecule has 5 heteroatoms. The summed E-state index contributed by atoms with van der Waals surface area (Å²) in [5, 5.41) is 11.8. The first kappa shape index (κ1) is 13.4. The SMILES string of the molecule is CCCc1nsc(Sc2ccc(O)c3ccccc23)n1. The summed E-state index contributed by atoms with van der Waals surface area (Å²) in [6, 6.07) is 11.5. The molecule has 1 heterocycles. The highest BCUT2D eigenvalue weighted by Gasteiger charge is 2.09. The predicted molar refractivity (Wildman–Crippen MR) is 83.6 cm³/mol. The summed E-state index contributed by atoms with van der Waals surface area (Å²) in [5.74, 6) is 1.23. The molecule has 102 valence electrons. The third kappa shape index (κ3) is 2.64. The predicted octanol–water partition coefficient (Wildman–Crippen LogP) is 4.50. The molecule has 3 nitrogen and oxygen atoms in total. The largest absolute Gasteiger partial charge is 0.507 e. The minimum atomic E-state index is 0.314. The van der Waals surface area contributed by atoms with E-state index in [4.69, 9.17) is 0 Å². The molecule has 0 aliphatic carbocycles. The second-order valence-electron chi connectivity index (χ2n) is 4.46. The summed E-state index contributed by atoms with van der Waals surface area (Å²) in [6.07, 6.45) is 1.98. The second-order valence-corrected chi connectivity index (χ2v) is 6.50. The van der Waals surface area contributed by atoms with Crippen molar-refractivity contribution in [2.24, 2.45) is 0 Å². The van der Waals surface area contributed by atoms with Gasteiger partial charge in [0.15, 0.2) is 4.34 Å². The van der Waals surface area contributed by atoms with E-state index in [1.807, 2.05) is 30.3 Å². The molecule has 0 amide bonds. The van der Waals surface area contributed by atoms with Gasteiger partial charge in [0.25, 0.3) is 0 Å². The molecule has 20 heavy (non-hydrogen) atoms. The molecule has 0 unspecified atom stereocenters. The zero-order valence-electron chi connectivity index (χ0n) is 11.0. The minimum Gasteiger partial charge on any atom is -0.507 e. The molecule has 0 saturated heterocycles. The lowest BCUT2D eigenvalue weighted by Gasteiger charge is -2.05. The highest BCUT2D eigenvalue weighted by molar-refractivity contribution is 8.01. The van der Waals surface area contributed by atoms with Gasteiger partial charge in [0, 0.05) is 16.7 Å². The van der Waals surface area contributed by atoms with Crippen LogP contribution in [0.4, 0.5) is 0 Å². The Morgan fingerprint density at radius 3 is 2.75 bits per heavy atom. The summed E-state index contributed by atoms with van der Waals surface area (Å²) >= 11 is 3.04. The van der Waals surface area contributed by atoms with E-state index in [2.05, 4.69) is 16.3 Å². The van der Waals surface area contributed by atoms with E-state index in [1.165, 1.54) is 11.5 Å². The number of rotatable bonds is 4. The molecule has 1 aromatic heterocycles. The molecule has 1 N–H and O–H groups in total. The van der Waals surface area contributed by atoms with Crippen molar-refractivity contribution in [2.45, 2.75) is 29.0 Å². The van der Waals surface area contributed by atoms with Crippen LogP contribution < -0.4 is 0 Å². The number of hydrogen-bond donors (Lipinski definition) is 1. The van der Waals surface area contributed by atoms with E-state index in [0.29, 0.717) is 5.75 Å². The fourth-order valence-corrected chi connectivity index (χ4v) is 3.80. The maximum absolute atomic E-state index is 9.90. The van der Waals surface area contributed by atoms with Crippen LogP contribution in [0.15, 0.2) is 45.6 Å². The Kier molecular flexibility index (Phi) is 3.89. The number of fused-ring (bicyclic) bond motifs is 1. The highest BCUT2D eigenvalue weighted by atomic mass is 32.2. The molecule has 0 saturated carbocycles. The van der Waals surface area contributed by atoms with Gasteiger partial charge < -0.3 is 5.11 Å². The van der Waals surface area contributed by atoms with Crippen molar-refractivity contribution in [2.75, 3.05) is 0 Å². The Morgan fingerprint density at radius 2 is 1.95 bits per heavy atom. The van der Waals surface area contributed by atoms with Crippen LogP contribution in [0.2, 0.25) is 0 Å². The average molecular weight is 302 g/mol. The summed E-state index contributed by atoms with van der Waals surface area (Å²) in [4.78, 5) is 5.63. The number of benzene rings is 2. The minimum absolute atomic E-state index is 0.314. The maximum atomic E-state index is 9.90. The zero-order valence-corrected chi connectivity index (χ0v) is 12.7. The molecule has 0 spiro atoms. The normalized spacial score (nSPS) is 11.1. The Morgan fingerprint density at radius 1 is 1.15 bits per heavy atom. The molecule has 0 aliphatic rings. The van der Waals surface area contributed by atoms with Gasteiger partial charge in [-0.15, -0.1) is 0 Å². The van der Waals surface area contributed by atoms with E-state index in [-0.39, 0.29) is 0 Å². The lowest BCUT2D eigenvalue weighted by molar-refractivity contribution is 0.481. The topological polar surface area (TPSA) is 46.0 Å². The van der Waals surface area contributed by atoms with Gasteiger partial charge >= 0.3 is 0 Å². The van der Waals surface area contributed by atoms with Crippen LogP contribution in [-0.4, -0.2) is 14.5 Å². The fourth-order valence-electron chi connectivity index (χ4n) is 2.04. The van der Waals surface area contributed by atoms with Crippen LogP contribution in [-0.2, 0) is 6.42 Å². The fraction of sp³-hybridized carbons (Fsp3) is 0.200. The van der Waals surface area contributed by atoms with Crippen molar-refractivity contribution < 1.29 is 5.11 Å². The molecule has 0 fully saturated rings. The van der Waals surface area contributed by atoms with Gasteiger partial charge in [-0.05, 0) is 35.5 Å². The standard InChI is InChI=1S/C15H14N2OS2/c1-2-5-14-16-15(20-17-14)19-13-9-8-12(18)10-6-3-4-7-11(10)13/h3-4,6-9,18H,2,5H2,1H3. The summed E-state index contributed by atoms with van der Waals surface area (Å²) in [7, 11) is 0. The first-order valence-electron chi connectivity index (χ1n) is 6.49. The van der Waals surface area contributed by atoms with Gasteiger partial charge in [-0.3, -0.25) is 0 Å². The van der Waals surface area contributed by atoms with Crippen LogP contribution in [0, 0.1) is 0 Å². The summed E-state index contributed by atoms with van der Waals surface area (Å²) < 4.78 is 5.31. The molecule has 3 aromatic rings. The monoisotopic (exact) mass is 302 g/mol. The molecular formula is C15H14N2OS2. The van der Waals surface area contributed by atoms with Gasteiger partial charge in [-0.25, -0.2) is 4.98 Å². The molecule has 0 bridgehead atoms. The Hall–Kier alpha value is -1.59. The quantitative estimate of drug-likeness (QED) is 0.770. The Labute approximate surface area is 125 Å². The number of phenolic OH excluding ortho intramolecular Hbond substituents is 1. The van der Waals surface area contributed by atoms with Gasteiger partial charge in [0.2, 0.25) is 0 Å². The van der Waals surface area contributed by atoms with E-state index in [1.54, 1.807) is 17.8 Å². The van der Waals surface area contributed by atoms with Crippen LogP contribution in [0.25, 0.3) is 10.8 Å². The van der Waals surface area contributed by atoms with Gasteiger partial charge in [-0.1, -0.05) is 43.0 Å². The lowest BCUT2D eigenvalue weighted by atomic mass is 10.1. The average Bonchev–Trinajstić information content (AvgIpc) is 2.90. The van der Waals surface area contributed by atoms with Crippen molar-refractivity contribution in [1.29, 1.82) is 0 Å². The Bertz CT molecular complexity index is 740. The molecule has 2 aromatic carbocycles. The summed E-state index contributed by atoms with van der Waals surface area (Å²) in [5.41, 5.74) is 0. The van der Waals surface area contributed by atoms with Crippen molar-refractivity contribution in [1.82, 2.24) is 9.36 Å². The van der Waals surface area contributed by atoms with Crippen molar-refractivity contribution in [3.8, 4) is 5.75 Å². The molecule has 0 atom stereocenters. The number of aromatic hydroxyl groups is 1. The number of hydrogen-bond acceptors (Lipinski definition) is 5. The first-order valence-corrected chi connectivity index (χ1v) is 8.08. The van der Waals surface area contributed by atoms with Crippen molar-refractivity contribution in [3.05, 3.63) is 42.2 Å². The van der Waals surface area contributed by atoms with Gasteiger partial charge in [-0.2, -0.15) is 4.37 Å².